The third-order valence-electron chi connectivity index (χ3n) is 1.60. The van der Waals surface area contributed by atoms with Crippen molar-refractivity contribution in [1.82, 2.24) is 10.6 Å². The van der Waals surface area contributed by atoms with E-state index in [1.807, 2.05) is 0 Å². The van der Waals surface area contributed by atoms with Gasteiger partial charge in [0, 0.05) is 6.08 Å². The third-order valence-corrected chi connectivity index (χ3v) is 1.60. The predicted molar refractivity (Wildman–Crippen MR) is 44.6 cm³/mol. The van der Waals surface area contributed by atoms with E-state index in [1.165, 1.54) is 14.2 Å². The topological polar surface area (TPSA) is 45.7 Å². The molecule has 14 heavy (non-hydrogen) atoms. The summed E-state index contributed by atoms with van der Waals surface area (Å²) in [6, 6.07) is 0. The highest BCUT2D eigenvalue weighted by Gasteiger charge is 2.37. The fraction of sp³-hybridized carbons (Fsp3) is 0.571. The Morgan fingerprint density at radius 2 is 2.21 bits per heavy atom. The van der Waals surface area contributed by atoms with Crippen LogP contribution in [0.4, 0.5) is 13.2 Å². The van der Waals surface area contributed by atoms with E-state index in [2.05, 4.69) is 20.4 Å². The predicted octanol–water partition coefficient (Wildman–Crippen LogP) is 0.584. The van der Waals surface area contributed by atoms with Crippen LogP contribution >= 0.6 is 0 Å². The van der Waals surface area contributed by atoms with Crippen LogP contribution in [0.1, 0.15) is 0 Å². The first-order valence-corrected chi connectivity index (χ1v) is 3.82. The Hall–Kier alpha value is -1.24. The highest BCUT2D eigenvalue weighted by Crippen LogP contribution is 2.25. The van der Waals surface area contributed by atoms with Gasteiger partial charge in [0.2, 0.25) is 5.90 Å². The molecule has 0 spiro atoms. The van der Waals surface area contributed by atoms with Gasteiger partial charge in [0.15, 0.2) is 6.29 Å². The van der Waals surface area contributed by atoms with E-state index in [1.54, 1.807) is 0 Å². The number of rotatable bonds is 1. The molecule has 0 amide bonds. The van der Waals surface area contributed by atoms with Crippen LogP contribution in [0.2, 0.25) is 0 Å². The van der Waals surface area contributed by atoms with Crippen LogP contribution in [0.5, 0.6) is 0 Å². The summed E-state index contributed by atoms with van der Waals surface area (Å²) < 4.78 is 41.5. The van der Waals surface area contributed by atoms with Gasteiger partial charge in [-0.25, -0.2) is 4.99 Å². The zero-order valence-corrected chi connectivity index (χ0v) is 7.64. The van der Waals surface area contributed by atoms with Gasteiger partial charge in [-0.3, -0.25) is 5.32 Å². The second-order valence-electron chi connectivity index (χ2n) is 2.56. The average Bonchev–Trinajstić information content (AvgIpc) is 2.15. The molecule has 0 saturated heterocycles. The molecule has 1 heterocycles. The van der Waals surface area contributed by atoms with Gasteiger partial charge in [0.1, 0.15) is 5.70 Å². The van der Waals surface area contributed by atoms with Crippen molar-refractivity contribution >= 4 is 5.90 Å². The summed E-state index contributed by atoms with van der Waals surface area (Å²) in [4.78, 5) is 3.78. The van der Waals surface area contributed by atoms with Crippen LogP contribution in [0.15, 0.2) is 16.8 Å². The number of nitrogens with zero attached hydrogens (tertiary/aromatic N) is 1. The molecule has 1 rings (SSSR count). The molecule has 1 unspecified atom stereocenters. The van der Waals surface area contributed by atoms with Gasteiger partial charge in [-0.2, -0.15) is 13.2 Å². The fourth-order valence-corrected chi connectivity index (χ4v) is 0.921. The summed E-state index contributed by atoms with van der Waals surface area (Å²) in [6.07, 6.45) is -4.42. The standard InChI is InChI=1S/C7H10F3N3O/c1-11-6-12-4(7(8,9)10)3-5(13-6)14-2/h3,6,11-12H,1-2H3. The molecule has 1 atom stereocenters. The van der Waals surface area contributed by atoms with E-state index in [-0.39, 0.29) is 5.90 Å². The monoisotopic (exact) mass is 209 g/mol. The first-order chi connectivity index (χ1) is 6.47. The lowest BCUT2D eigenvalue weighted by atomic mass is 10.3. The number of alkyl halides is 3. The first kappa shape index (κ1) is 10.8. The van der Waals surface area contributed by atoms with Crippen LogP contribution in [0.3, 0.4) is 0 Å². The van der Waals surface area contributed by atoms with Gasteiger partial charge in [-0.15, -0.1) is 0 Å². The number of ether oxygens (including phenoxy) is 1. The number of halogens is 3. The molecule has 0 bridgehead atoms. The number of allylic oxidation sites excluding steroid dienone is 1. The highest BCUT2D eigenvalue weighted by atomic mass is 19.4. The maximum atomic E-state index is 12.3. The molecule has 1 aliphatic heterocycles. The van der Waals surface area contributed by atoms with Gasteiger partial charge >= 0.3 is 6.18 Å². The first-order valence-electron chi connectivity index (χ1n) is 3.82. The number of methoxy groups -OCH3 is 1. The van der Waals surface area contributed by atoms with Gasteiger partial charge in [-0.05, 0) is 7.05 Å². The molecule has 80 valence electrons. The van der Waals surface area contributed by atoms with E-state index < -0.39 is 18.2 Å². The lowest BCUT2D eigenvalue weighted by Crippen LogP contribution is -2.45. The van der Waals surface area contributed by atoms with Crippen LogP contribution < -0.4 is 10.6 Å². The summed E-state index contributed by atoms with van der Waals surface area (Å²) in [6.45, 7) is 0. The largest absolute Gasteiger partial charge is 0.481 e. The molecule has 0 aromatic carbocycles. The van der Waals surface area contributed by atoms with Crippen molar-refractivity contribution in [2.75, 3.05) is 14.2 Å². The third kappa shape index (κ3) is 2.38. The normalized spacial score (nSPS) is 22.2. The van der Waals surface area contributed by atoms with Crippen molar-refractivity contribution in [3.05, 3.63) is 11.8 Å². The zero-order valence-electron chi connectivity index (χ0n) is 7.64. The molecule has 4 nitrogen and oxygen atoms in total. The Morgan fingerprint density at radius 1 is 1.57 bits per heavy atom. The number of hydrogen-bond donors (Lipinski definition) is 2. The molecule has 1 aliphatic rings. The highest BCUT2D eigenvalue weighted by molar-refractivity contribution is 5.89. The number of aliphatic imine (C=N–C) groups is 1. The Balaban J connectivity index is 2.89. The van der Waals surface area contributed by atoms with Gasteiger partial charge in [0.25, 0.3) is 0 Å². The van der Waals surface area contributed by atoms with E-state index in [9.17, 15) is 13.2 Å². The van der Waals surface area contributed by atoms with E-state index in [0.717, 1.165) is 6.08 Å². The molecule has 0 aromatic heterocycles. The fourth-order valence-electron chi connectivity index (χ4n) is 0.921. The van der Waals surface area contributed by atoms with Crippen LogP contribution in [-0.4, -0.2) is 32.5 Å². The molecule has 7 heteroatoms. The number of hydrogen-bond acceptors (Lipinski definition) is 4. The zero-order chi connectivity index (χ0) is 10.8. The molecule has 0 aromatic rings. The Bertz CT molecular complexity index is 272. The van der Waals surface area contributed by atoms with Crippen molar-refractivity contribution in [2.24, 2.45) is 4.99 Å². The minimum atomic E-state index is -4.42. The minimum absolute atomic E-state index is 0.0598. The maximum Gasteiger partial charge on any atom is 0.431 e. The molecular weight excluding hydrogens is 199 g/mol. The quantitative estimate of drug-likeness (QED) is 0.664. The van der Waals surface area contributed by atoms with Gasteiger partial charge < -0.3 is 10.1 Å². The Labute approximate surface area is 78.8 Å². The molecular formula is C7H10F3N3O. The molecule has 0 radical (unpaired) electrons. The lowest BCUT2D eigenvalue weighted by Gasteiger charge is -2.23. The van der Waals surface area contributed by atoms with Crippen LogP contribution in [0, 0.1) is 0 Å². The van der Waals surface area contributed by atoms with Crippen molar-refractivity contribution < 1.29 is 17.9 Å². The average molecular weight is 209 g/mol. The molecule has 0 saturated carbocycles. The second kappa shape index (κ2) is 3.87. The summed E-state index contributed by atoms with van der Waals surface area (Å²) >= 11 is 0. The van der Waals surface area contributed by atoms with Gasteiger partial charge in [0.05, 0.1) is 7.11 Å². The Morgan fingerprint density at radius 3 is 2.64 bits per heavy atom. The SMILES string of the molecule is CNC1N=C(OC)C=C(C(F)(F)F)N1. The maximum absolute atomic E-state index is 12.3. The van der Waals surface area contributed by atoms with E-state index in [0.29, 0.717) is 0 Å². The molecule has 0 fully saturated rings. The molecule has 2 N–H and O–H groups in total. The summed E-state index contributed by atoms with van der Waals surface area (Å²) in [5.41, 5.74) is -0.872. The Kier molecular flexibility index (Phi) is 3.00. The van der Waals surface area contributed by atoms with Crippen molar-refractivity contribution in [2.45, 2.75) is 12.5 Å². The second-order valence-corrected chi connectivity index (χ2v) is 2.56. The van der Waals surface area contributed by atoms with Crippen LogP contribution in [-0.2, 0) is 4.74 Å². The van der Waals surface area contributed by atoms with Crippen molar-refractivity contribution in [3.63, 3.8) is 0 Å². The van der Waals surface area contributed by atoms with E-state index >= 15 is 0 Å². The molecule has 0 aliphatic carbocycles. The smallest absolute Gasteiger partial charge is 0.431 e. The summed E-state index contributed by atoms with van der Waals surface area (Å²) in [7, 11) is 2.76. The van der Waals surface area contributed by atoms with Crippen molar-refractivity contribution in [3.8, 4) is 0 Å². The van der Waals surface area contributed by atoms with E-state index in [4.69, 9.17) is 0 Å². The minimum Gasteiger partial charge on any atom is -0.481 e. The number of nitrogens with one attached hydrogen (secondary N) is 2. The summed E-state index contributed by atoms with van der Waals surface area (Å²) in [5, 5.41) is 4.72. The lowest BCUT2D eigenvalue weighted by molar-refractivity contribution is -0.0983. The van der Waals surface area contributed by atoms with Crippen LogP contribution in [0.25, 0.3) is 0 Å². The summed E-state index contributed by atoms with van der Waals surface area (Å²) in [5.74, 6) is -0.0598. The van der Waals surface area contributed by atoms with Crippen molar-refractivity contribution in [1.29, 1.82) is 0 Å². The van der Waals surface area contributed by atoms with Gasteiger partial charge in [-0.1, -0.05) is 0 Å².